The molecule has 0 aliphatic heterocycles. The Morgan fingerprint density at radius 1 is 1.48 bits per heavy atom. The summed E-state index contributed by atoms with van der Waals surface area (Å²) in [4.78, 5) is 22.5. The van der Waals surface area contributed by atoms with Crippen LogP contribution < -0.4 is 5.32 Å². The molecule has 6 nitrogen and oxygen atoms in total. The Morgan fingerprint density at radius 2 is 2.17 bits per heavy atom. The van der Waals surface area contributed by atoms with E-state index in [0.717, 1.165) is 6.42 Å². The van der Waals surface area contributed by atoms with E-state index in [9.17, 15) is 14.9 Å². The SMILES string of the molecule is CC(C)O[C@H]1C[C@@H](NC(=O)Cc2cccc([N+](=O)[O-])c2)C1(C)C. The molecule has 1 aromatic rings. The summed E-state index contributed by atoms with van der Waals surface area (Å²) in [5.41, 5.74) is 0.538. The Labute approximate surface area is 136 Å². The molecular formula is C17H24N2O4. The molecule has 1 fully saturated rings. The molecule has 0 aromatic heterocycles. The Kier molecular flexibility index (Phi) is 5.04. The van der Waals surface area contributed by atoms with Crippen LogP contribution in [0.15, 0.2) is 24.3 Å². The molecule has 1 aliphatic rings. The van der Waals surface area contributed by atoms with Crippen LogP contribution in [0.1, 0.15) is 39.7 Å². The first-order chi connectivity index (χ1) is 10.7. The van der Waals surface area contributed by atoms with Crippen molar-refractivity contribution in [2.45, 2.75) is 58.8 Å². The normalized spacial score (nSPS) is 22.5. The number of nitro benzene ring substituents is 1. The molecule has 1 aliphatic carbocycles. The maximum Gasteiger partial charge on any atom is 0.269 e. The second-order valence-electron chi connectivity index (χ2n) is 6.95. The Balaban J connectivity index is 1.91. The molecule has 126 valence electrons. The fraction of sp³-hybridized carbons (Fsp3) is 0.588. The smallest absolute Gasteiger partial charge is 0.269 e. The standard InChI is InChI=1S/C17H24N2O4/c1-11(2)23-15-10-14(17(15,3)4)18-16(20)9-12-6-5-7-13(8-12)19(21)22/h5-8,11,14-15H,9-10H2,1-4H3,(H,18,20)/t14-,15+/m1/s1. The molecule has 0 bridgehead atoms. The van der Waals surface area contributed by atoms with Gasteiger partial charge in [-0.05, 0) is 25.8 Å². The van der Waals surface area contributed by atoms with E-state index in [-0.39, 0.29) is 41.7 Å². The highest BCUT2D eigenvalue weighted by Crippen LogP contribution is 2.43. The number of amides is 1. The lowest BCUT2D eigenvalue weighted by Gasteiger charge is -2.52. The van der Waals surface area contributed by atoms with Crippen LogP contribution in [-0.2, 0) is 16.0 Å². The summed E-state index contributed by atoms with van der Waals surface area (Å²) in [5.74, 6) is -0.119. The second kappa shape index (κ2) is 6.66. The van der Waals surface area contributed by atoms with Gasteiger partial charge in [-0.25, -0.2) is 0 Å². The number of nitro groups is 1. The van der Waals surface area contributed by atoms with Gasteiger partial charge in [-0.3, -0.25) is 14.9 Å². The molecule has 0 radical (unpaired) electrons. The number of rotatable bonds is 6. The summed E-state index contributed by atoms with van der Waals surface area (Å²) in [5, 5.41) is 13.8. The minimum absolute atomic E-state index is 0.00433. The third-order valence-electron chi connectivity index (χ3n) is 4.44. The minimum Gasteiger partial charge on any atom is -0.375 e. The van der Waals surface area contributed by atoms with Crippen LogP contribution in [0.3, 0.4) is 0 Å². The molecule has 23 heavy (non-hydrogen) atoms. The van der Waals surface area contributed by atoms with Gasteiger partial charge in [0.15, 0.2) is 0 Å². The van der Waals surface area contributed by atoms with Gasteiger partial charge in [0, 0.05) is 23.6 Å². The highest BCUT2D eigenvalue weighted by molar-refractivity contribution is 5.79. The molecule has 0 spiro atoms. The lowest BCUT2D eigenvalue weighted by atomic mass is 9.64. The second-order valence-corrected chi connectivity index (χ2v) is 6.95. The topological polar surface area (TPSA) is 81.5 Å². The Morgan fingerprint density at radius 3 is 2.74 bits per heavy atom. The number of carbonyl (C=O) groups is 1. The van der Waals surface area contributed by atoms with Crippen molar-refractivity contribution in [3.05, 3.63) is 39.9 Å². The van der Waals surface area contributed by atoms with E-state index in [4.69, 9.17) is 4.74 Å². The monoisotopic (exact) mass is 320 g/mol. The molecule has 2 atom stereocenters. The average Bonchev–Trinajstić information content (AvgIpc) is 2.46. The summed E-state index contributed by atoms with van der Waals surface area (Å²) in [6.07, 6.45) is 1.25. The van der Waals surface area contributed by atoms with Gasteiger partial charge < -0.3 is 10.1 Å². The van der Waals surface area contributed by atoms with Crippen LogP contribution in [0, 0.1) is 15.5 Å². The van der Waals surface area contributed by atoms with E-state index < -0.39 is 4.92 Å². The van der Waals surface area contributed by atoms with Crippen molar-refractivity contribution in [2.75, 3.05) is 0 Å². The van der Waals surface area contributed by atoms with Crippen LogP contribution in [0.5, 0.6) is 0 Å². The molecule has 0 unspecified atom stereocenters. The lowest BCUT2D eigenvalue weighted by Crippen LogP contribution is -2.62. The number of benzene rings is 1. The highest BCUT2D eigenvalue weighted by Gasteiger charge is 2.49. The molecule has 1 N–H and O–H groups in total. The number of hydrogen-bond donors (Lipinski definition) is 1. The van der Waals surface area contributed by atoms with Crippen molar-refractivity contribution in [3.63, 3.8) is 0 Å². The van der Waals surface area contributed by atoms with Gasteiger partial charge in [-0.15, -0.1) is 0 Å². The first-order valence-corrected chi connectivity index (χ1v) is 7.88. The average molecular weight is 320 g/mol. The zero-order valence-electron chi connectivity index (χ0n) is 14.0. The van der Waals surface area contributed by atoms with Crippen LogP contribution >= 0.6 is 0 Å². The number of nitrogens with zero attached hydrogens (tertiary/aromatic N) is 1. The van der Waals surface area contributed by atoms with Crippen LogP contribution in [0.25, 0.3) is 0 Å². The van der Waals surface area contributed by atoms with Crippen LogP contribution in [0.4, 0.5) is 5.69 Å². The fourth-order valence-electron chi connectivity index (χ4n) is 2.90. The zero-order valence-corrected chi connectivity index (χ0v) is 14.0. The van der Waals surface area contributed by atoms with Gasteiger partial charge in [-0.1, -0.05) is 26.0 Å². The molecule has 1 saturated carbocycles. The van der Waals surface area contributed by atoms with Crippen LogP contribution in [-0.4, -0.2) is 29.1 Å². The number of nitrogens with one attached hydrogen (secondary N) is 1. The van der Waals surface area contributed by atoms with Crippen LogP contribution in [0.2, 0.25) is 0 Å². The Bertz CT molecular complexity index is 598. The first-order valence-electron chi connectivity index (χ1n) is 7.88. The maximum atomic E-state index is 12.2. The van der Waals surface area contributed by atoms with Gasteiger partial charge in [0.2, 0.25) is 5.91 Å². The van der Waals surface area contributed by atoms with E-state index in [1.54, 1.807) is 12.1 Å². The van der Waals surface area contributed by atoms with E-state index >= 15 is 0 Å². The number of hydrogen-bond acceptors (Lipinski definition) is 4. The zero-order chi connectivity index (χ0) is 17.2. The van der Waals surface area contributed by atoms with E-state index in [2.05, 4.69) is 19.2 Å². The minimum atomic E-state index is -0.454. The van der Waals surface area contributed by atoms with Crippen molar-refractivity contribution in [1.29, 1.82) is 0 Å². The predicted octanol–water partition coefficient (Wildman–Crippen LogP) is 2.85. The van der Waals surface area contributed by atoms with Crippen molar-refractivity contribution in [1.82, 2.24) is 5.32 Å². The maximum absolute atomic E-state index is 12.2. The van der Waals surface area contributed by atoms with Gasteiger partial charge in [0.05, 0.1) is 23.6 Å². The highest BCUT2D eigenvalue weighted by atomic mass is 16.6. The van der Waals surface area contributed by atoms with E-state index in [1.807, 2.05) is 13.8 Å². The Hall–Kier alpha value is -1.95. The molecule has 0 heterocycles. The number of ether oxygens (including phenoxy) is 1. The molecule has 6 heteroatoms. The molecule has 1 aromatic carbocycles. The van der Waals surface area contributed by atoms with E-state index in [0.29, 0.717) is 5.56 Å². The first kappa shape index (κ1) is 17.4. The molecule has 2 rings (SSSR count). The summed E-state index contributed by atoms with van der Waals surface area (Å²) in [6.45, 7) is 8.18. The van der Waals surface area contributed by atoms with Gasteiger partial charge in [0.25, 0.3) is 5.69 Å². The van der Waals surface area contributed by atoms with Gasteiger partial charge in [-0.2, -0.15) is 0 Å². The number of carbonyl (C=O) groups excluding carboxylic acids is 1. The van der Waals surface area contributed by atoms with Crippen molar-refractivity contribution < 1.29 is 14.5 Å². The summed E-state index contributed by atoms with van der Waals surface area (Å²) in [7, 11) is 0. The summed E-state index contributed by atoms with van der Waals surface area (Å²) in [6, 6.07) is 6.25. The lowest BCUT2D eigenvalue weighted by molar-refractivity contribution is -0.384. The van der Waals surface area contributed by atoms with Crippen molar-refractivity contribution in [3.8, 4) is 0 Å². The third kappa shape index (κ3) is 4.07. The van der Waals surface area contributed by atoms with Gasteiger partial charge in [0.1, 0.15) is 0 Å². The molecular weight excluding hydrogens is 296 g/mol. The van der Waals surface area contributed by atoms with Gasteiger partial charge >= 0.3 is 0 Å². The largest absolute Gasteiger partial charge is 0.375 e. The van der Waals surface area contributed by atoms with Crippen molar-refractivity contribution in [2.24, 2.45) is 5.41 Å². The molecule has 1 amide bonds. The molecule has 0 saturated heterocycles. The number of non-ortho nitro benzene ring substituents is 1. The third-order valence-corrected chi connectivity index (χ3v) is 4.44. The summed E-state index contributed by atoms with van der Waals surface area (Å²) >= 11 is 0. The summed E-state index contributed by atoms with van der Waals surface area (Å²) < 4.78 is 5.85. The van der Waals surface area contributed by atoms with Crippen molar-refractivity contribution >= 4 is 11.6 Å². The predicted molar refractivity (Wildman–Crippen MR) is 87.1 cm³/mol. The fourth-order valence-corrected chi connectivity index (χ4v) is 2.90. The quantitative estimate of drug-likeness (QED) is 0.645. The van der Waals surface area contributed by atoms with E-state index in [1.165, 1.54) is 12.1 Å².